The van der Waals surface area contributed by atoms with Crippen molar-refractivity contribution in [1.82, 2.24) is 25.1 Å². The molecule has 0 radical (unpaired) electrons. The van der Waals surface area contributed by atoms with E-state index < -0.39 is 0 Å². The molecule has 0 unspecified atom stereocenters. The number of benzene rings is 1. The molecule has 2 aromatic rings. The predicted octanol–water partition coefficient (Wildman–Crippen LogP) is 2.24. The lowest BCUT2D eigenvalue weighted by atomic mass is 10.2. The van der Waals surface area contributed by atoms with Crippen LogP contribution in [0.15, 0.2) is 29.4 Å². The molecule has 0 bridgehead atoms. The molecule has 0 N–H and O–H groups in total. The summed E-state index contributed by atoms with van der Waals surface area (Å²) in [6.45, 7) is 3.14. The highest BCUT2D eigenvalue weighted by molar-refractivity contribution is 7.99. The average Bonchev–Trinajstić information content (AvgIpc) is 3.43. The standard InChI is InChI=1S/C19H26N6O2S/c1-27-17-8-6-15(7-9-17)23-10-12-24(13-11-23)18(26)14-28-19-20-21-22-25(19)16-4-2-3-5-16/h6-9,16H,2-5,10-14H2,1H3. The smallest absolute Gasteiger partial charge is 0.233 e. The maximum atomic E-state index is 12.6. The van der Waals surface area contributed by atoms with Gasteiger partial charge in [0.05, 0.1) is 18.9 Å². The Morgan fingerprint density at radius 3 is 2.54 bits per heavy atom. The lowest BCUT2D eigenvalue weighted by Crippen LogP contribution is -2.49. The van der Waals surface area contributed by atoms with Gasteiger partial charge in [0.15, 0.2) is 0 Å². The van der Waals surface area contributed by atoms with Gasteiger partial charge in [-0.15, -0.1) is 5.10 Å². The molecule has 4 rings (SSSR count). The molecule has 1 saturated carbocycles. The molecule has 9 heteroatoms. The number of thioether (sulfide) groups is 1. The van der Waals surface area contributed by atoms with E-state index in [1.54, 1.807) is 7.11 Å². The third-order valence-corrected chi connectivity index (χ3v) is 6.45. The monoisotopic (exact) mass is 402 g/mol. The zero-order valence-corrected chi connectivity index (χ0v) is 17.0. The summed E-state index contributed by atoms with van der Waals surface area (Å²) in [5.74, 6) is 1.39. The molecule has 1 aliphatic heterocycles. The highest BCUT2D eigenvalue weighted by Gasteiger charge is 2.24. The molecule has 0 atom stereocenters. The number of anilines is 1. The number of ether oxygens (including phenoxy) is 1. The molecule has 8 nitrogen and oxygen atoms in total. The van der Waals surface area contributed by atoms with Crippen LogP contribution in [-0.4, -0.2) is 70.1 Å². The maximum Gasteiger partial charge on any atom is 0.233 e. The van der Waals surface area contributed by atoms with Gasteiger partial charge in [-0.2, -0.15) is 0 Å². The molecule has 0 spiro atoms. The quantitative estimate of drug-likeness (QED) is 0.686. The number of carbonyl (C=O) groups is 1. The Balaban J connectivity index is 1.27. The number of rotatable bonds is 6. The van der Waals surface area contributed by atoms with Crippen molar-refractivity contribution < 1.29 is 9.53 Å². The summed E-state index contributed by atoms with van der Waals surface area (Å²) in [6, 6.07) is 8.46. The van der Waals surface area contributed by atoms with E-state index in [-0.39, 0.29) is 5.91 Å². The van der Waals surface area contributed by atoms with E-state index in [0.717, 1.165) is 55.6 Å². The number of amides is 1. The Morgan fingerprint density at radius 1 is 1.14 bits per heavy atom. The van der Waals surface area contributed by atoms with Crippen LogP contribution in [0.5, 0.6) is 5.75 Å². The van der Waals surface area contributed by atoms with Crippen LogP contribution in [0.25, 0.3) is 0 Å². The minimum absolute atomic E-state index is 0.153. The Morgan fingerprint density at radius 2 is 1.86 bits per heavy atom. The van der Waals surface area contributed by atoms with Crippen molar-refractivity contribution in [3.8, 4) is 5.75 Å². The zero-order chi connectivity index (χ0) is 19.3. The van der Waals surface area contributed by atoms with Crippen LogP contribution in [0.4, 0.5) is 5.69 Å². The summed E-state index contributed by atoms with van der Waals surface area (Å²) < 4.78 is 7.12. The second-order valence-corrected chi connectivity index (χ2v) is 8.14. The van der Waals surface area contributed by atoms with Gasteiger partial charge in [0.1, 0.15) is 5.75 Å². The van der Waals surface area contributed by atoms with Gasteiger partial charge < -0.3 is 14.5 Å². The van der Waals surface area contributed by atoms with Crippen molar-refractivity contribution in [1.29, 1.82) is 0 Å². The van der Waals surface area contributed by atoms with Crippen LogP contribution >= 0.6 is 11.8 Å². The molecular formula is C19H26N6O2S. The number of aromatic nitrogens is 4. The van der Waals surface area contributed by atoms with Crippen molar-refractivity contribution in [2.75, 3.05) is 43.9 Å². The Bertz CT molecular complexity index is 782. The lowest BCUT2D eigenvalue weighted by Gasteiger charge is -2.36. The Kier molecular flexibility index (Phi) is 5.99. The van der Waals surface area contributed by atoms with E-state index in [0.29, 0.717) is 11.8 Å². The first-order chi connectivity index (χ1) is 13.7. The summed E-state index contributed by atoms with van der Waals surface area (Å²) in [6.07, 6.45) is 4.71. The first-order valence-corrected chi connectivity index (χ1v) is 10.8. The highest BCUT2D eigenvalue weighted by atomic mass is 32.2. The van der Waals surface area contributed by atoms with E-state index in [1.807, 2.05) is 21.7 Å². The summed E-state index contributed by atoms with van der Waals surface area (Å²) in [5.41, 5.74) is 1.16. The largest absolute Gasteiger partial charge is 0.497 e. The van der Waals surface area contributed by atoms with Crippen molar-refractivity contribution in [2.24, 2.45) is 0 Å². The van der Waals surface area contributed by atoms with Gasteiger partial charge in [-0.1, -0.05) is 24.6 Å². The van der Waals surface area contributed by atoms with Crippen molar-refractivity contribution in [3.05, 3.63) is 24.3 Å². The lowest BCUT2D eigenvalue weighted by molar-refractivity contribution is -0.128. The number of hydrogen-bond donors (Lipinski definition) is 0. The maximum absolute atomic E-state index is 12.6. The average molecular weight is 403 g/mol. The van der Waals surface area contributed by atoms with E-state index in [4.69, 9.17) is 4.74 Å². The molecule has 2 aliphatic rings. The fourth-order valence-corrected chi connectivity index (χ4v) is 4.73. The Labute approximate surface area is 169 Å². The van der Waals surface area contributed by atoms with Crippen molar-refractivity contribution >= 4 is 23.4 Å². The van der Waals surface area contributed by atoms with Gasteiger partial charge in [0, 0.05) is 31.9 Å². The summed E-state index contributed by atoms with van der Waals surface area (Å²) in [4.78, 5) is 16.9. The SMILES string of the molecule is COc1ccc(N2CCN(C(=O)CSc3nnnn3C3CCCC3)CC2)cc1. The van der Waals surface area contributed by atoms with Crippen LogP contribution in [0.1, 0.15) is 31.7 Å². The van der Waals surface area contributed by atoms with Crippen LogP contribution in [0, 0.1) is 0 Å². The summed E-state index contributed by atoms with van der Waals surface area (Å²) in [5, 5.41) is 12.8. The van der Waals surface area contributed by atoms with E-state index in [9.17, 15) is 4.79 Å². The molecule has 1 aromatic carbocycles. The Hall–Kier alpha value is -2.29. The van der Waals surface area contributed by atoms with Gasteiger partial charge >= 0.3 is 0 Å². The minimum Gasteiger partial charge on any atom is -0.497 e. The minimum atomic E-state index is 0.153. The molecule has 1 aliphatic carbocycles. The topological polar surface area (TPSA) is 76.4 Å². The van der Waals surface area contributed by atoms with Gasteiger partial charge in [-0.3, -0.25) is 4.79 Å². The first kappa shape index (κ1) is 19.0. The number of hydrogen-bond acceptors (Lipinski definition) is 7. The van der Waals surface area contributed by atoms with Crippen LogP contribution in [0.2, 0.25) is 0 Å². The normalized spacial score (nSPS) is 17.9. The predicted molar refractivity (Wildman–Crippen MR) is 108 cm³/mol. The molecule has 2 fully saturated rings. The summed E-state index contributed by atoms with van der Waals surface area (Å²) in [7, 11) is 1.67. The number of nitrogens with zero attached hydrogens (tertiary/aromatic N) is 6. The molecule has 1 amide bonds. The second-order valence-electron chi connectivity index (χ2n) is 7.20. The fourth-order valence-electron chi connectivity index (χ4n) is 3.88. The van der Waals surface area contributed by atoms with Crippen LogP contribution in [-0.2, 0) is 4.79 Å². The van der Waals surface area contributed by atoms with E-state index >= 15 is 0 Å². The molecule has 28 heavy (non-hydrogen) atoms. The van der Waals surface area contributed by atoms with Crippen LogP contribution in [0.3, 0.4) is 0 Å². The zero-order valence-electron chi connectivity index (χ0n) is 16.2. The van der Waals surface area contributed by atoms with Gasteiger partial charge in [0.25, 0.3) is 0 Å². The van der Waals surface area contributed by atoms with Gasteiger partial charge in [0.2, 0.25) is 11.1 Å². The van der Waals surface area contributed by atoms with Crippen molar-refractivity contribution in [3.63, 3.8) is 0 Å². The third kappa shape index (κ3) is 4.24. The number of tetrazole rings is 1. The third-order valence-electron chi connectivity index (χ3n) is 5.53. The molecular weight excluding hydrogens is 376 g/mol. The van der Waals surface area contributed by atoms with Crippen molar-refractivity contribution in [2.45, 2.75) is 36.9 Å². The van der Waals surface area contributed by atoms with E-state index in [1.165, 1.54) is 24.6 Å². The first-order valence-electron chi connectivity index (χ1n) is 9.82. The second kappa shape index (κ2) is 8.81. The number of carbonyl (C=O) groups excluding carboxylic acids is 1. The highest BCUT2D eigenvalue weighted by Crippen LogP contribution is 2.31. The number of methoxy groups -OCH3 is 1. The summed E-state index contributed by atoms with van der Waals surface area (Å²) >= 11 is 1.45. The van der Waals surface area contributed by atoms with Crippen LogP contribution < -0.4 is 9.64 Å². The van der Waals surface area contributed by atoms with Gasteiger partial charge in [-0.05, 0) is 47.5 Å². The number of piperazine rings is 1. The van der Waals surface area contributed by atoms with E-state index in [2.05, 4.69) is 32.6 Å². The fraction of sp³-hybridized carbons (Fsp3) is 0.579. The van der Waals surface area contributed by atoms with Gasteiger partial charge in [-0.25, -0.2) is 4.68 Å². The molecule has 1 saturated heterocycles. The molecule has 1 aromatic heterocycles. The molecule has 150 valence electrons. The molecule has 2 heterocycles.